The summed E-state index contributed by atoms with van der Waals surface area (Å²) in [6, 6.07) is 9.52. The summed E-state index contributed by atoms with van der Waals surface area (Å²) in [6.07, 6.45) is 5.44. The van der Waals surface area contributed by atoms with Crippen molar-refractivity contribution >= 4 is 21.8 Å². The first-order valence-corrected chi connectivity index (χ1v) is 9.48. The minimum atomic E-state index is -3.40. The maximum Gasteiger partial charge on any atom is 0.237 e. The van der Waals surface area contributed by atoms with Crippen molar-refractivity contribution in [2.45, 2.75) is 19.8 Å². The van der Waals surface area contributed by atoms with Crippen LogP contribution in [0.15, 0.2) is 36.4 Å². The van der Waals surface area contributed by atoms with E-state index >= 15 is 0 Å². The van der Waals surface area contributed by atoms with Gasteiger partial charge in [0.25, 0.3) is 0 Å². The third-order valence-corrected chi connectivity index (χ3v) is 5.20. The van der Waals surface area contributed by atoms with Crippen molar-refractivity contribution in [2.24, 2.45) is 5.92 Å². The van der Waals surface area contributed by atoms with Crippen molar-refractivity contribution < 1.29 is 13.2 Å². The largest absolute Gasteiger partial charge is 0.342 e. The third kappa shape index (κ3) is 5.30. The smallest absolute Gasteiger partial charge is 0.237 e. The first kappa shape index (κ1) is 16.7. The second-order valence-electron chi connectivity index (χ2n) is 5.95. The highest BCUT2D eigenvalue weighted by Gasteiger charge is 2.24. The fraction of sp³-hybridized carbons (Fsp3) is 0.471. The molecule has 1 heterocycles. The van der Waals surface area contributed by atoms with E-state index in [1.165, 1.54) is 0 Å². The molecule has 1 aliphatic rings. The summed E-state index contributed by atoms with van der Waals surface area (Å²) in [4.78, 5) is 13.8. The van der Waals surface area contributed by atoms with Gasteiger partial charge in [0.05, 0.1) is 5.75 Å². The SMILES string of the molecule is CC1CCCN(C(=O)CS(=O)(=O)C/C=C/c2ccccc2)C1. The molecule has 1 unspecified atom stereocenters. The van der Waals surface area contributed by atoms with E-state index in [0.717, 1.165) is 18.4 Å². The lowest BCUT2D eigenvalue weighted by Crippen LogP contribution is -2.42. The van der Waals surface area contributed by atoms with Crippen LogP contribution in [0.1, 0.15) is 25.3 Å². The maximum absolute atomic E-state index is 12.1. The average molecular weight is 321 g/mol. The van der Waals surface area contributed by atoms with Crippen LogP contribution in [0.4, 0.5) is 0 Å². The lowest BCUT2D eigenvalue weighted by molar-refractivity contribution is -0.130. The number of benzene rings is 1. The summed E-state index contributed by atoms with van der Waals surface area (Å²) >= 11 is 0. The Morgan fingerprint density at radius 1 is 1.32 bits per heavy atom. The summed E-state index contributed by atoms with van der Waals surface area (Å²) in [7, 11) is -3.40. The van der Waals surface area contributed by atoms with Crippen molar-refractivity contribution in [3.63, 3.8) is 0 Å². The van der Waals surface area contributed by atoms with E-state index in [0.29, 0.717) is 19.0 Å². The molecule has 1 aliphatic heterocycles. The van der Waals surface area contributed by atoms with Crippen molar-refractivity contribution in [1.29, 1.82) is 0 Å². The van der Waals surface area contributed by atoms with Crippen LogP contribution < -0.4 is 0 Å². The van der Waals surface area contributed by atoms with Gasteiger partial charge in [-0.25, -0.2) is 8.42 Å². The molecule has 0 bridgehead atoms. The molecule has 1 atom stereocenters. The molecule has 1 aromatic carbocycles. The van der Waals surface area contributed by atoms with E-state index in [1.807, 2.05) is 30.3 Å². The highest BCUT2D eigenvalue weighted by Crippen LogP contribution is 2.16. The molecule has 1 fully saturated rings. The van der Waals surface area contributed by atoms with E-state index in [9.17, 15) is 13.2 Å². The maximum atomic E-state index is 12.1. The Morgan fingerprint density at radius 3 is 2.73 bits per heavy atom. The van der Waals surface area contributed by atoms with E-state index in [2.05, 4.69) is 6.92 Å². The van der Waals surface area contributed by atoms with Crippen LogP contribution in [-0.2, 0) is 14.6 Å². The summed E-state index contributed by atoms with van der Waals surface area (Å²) in [5.74, 6) is -0.298. The fourth-order valence-corrected chi connectivity index (χ4v) is 3.72. The lowest BCUT2D eigenvalue weighted by atomic mass is 10.0. The van der Waals surface area contributed by atoms with E-state index in [4.69, 9.17) is 0 Å². The van der Waals surface area contributed by atoms with Crippen LogP contribution in [0.25, 0.3) is 6.08 Å². The first-order chi connectivity index (χ1) is 10.5. The van der Waals surface area contributed by atoms with Crippen LogP contribution >= 0.6 is 0 Å². The summed E-state index contributed by atoms with van der Waals surface area (Å²) in [6.45, 7) is 3.45. The highest BCUT2D eigenvalue weighted by atomic mass is 32.2. The molecule has 0 aromatic heterocycles. The van der Waals surface area contributed by atoms with E-state index in [-0.39, 0.29) is 11.7 Å². The van der Waals surface area contributed by atoms with Gasteiger partial charge in [-0.1, -0.05) is 49.4 Å². The number of nitrogens with zero attached hydrogens (tertiary/aromatic N) is 1. The fourth-order valence-electron chi connectivity index (χ4n) is 2.65. The van der Waals surface area contributed by atoms with Crippen molar-refractivity contribution in [3.8, 4) is 0 Å². The molecule has 0 N–H and O–H groups in total. The van der Waals surface area contributed by atoms with Crippen LogP contribution in [0.5, 0.6) is 0 Å². The van der Waals surface area contributed by atoms with E-state index < -0.39 is 15.6 Å². The standard InChI is InChI=1S/C17H23NO3S/c1-15-7-5-11-18(13-15)17(19)14-22(20,21)12-6-10-16-8-3-2-4-9-16/h2-4,6,8-10,15H,5,7,11-14H2,1H3/b10-6+. The zero-order valence-electron chi connectivity index (χ0n) is 12.9. The Morgan fingerprint density at radius 2 is 2.05 bits per heavy atom. The summed E-state index contributed by atoms with van der Waals surface area (Å²) in [5.41, 5.74) is 0.953. The predicted molar refractivity (Wildman–Crippen MR) is 89.1 cm³/mol. The van der Waals surface area contributed by atoms with Gasteiger partial charge < -0.3 is 4.90 Å². The number of carbonyl (C=O) groups excluding carboxylic acids is 1. The number of piperidine rings is 1. The quantitative estimate of drug-likeness (QED) is 0.836. The number of likely N-dealkylation sites (tertiary alicyclic amines) is 1. The molecule has 0 saturated carbocycles. The number of amides is 1. The van der Waals surface area contributed by atoms with Gasteiger partial charge in [0.1, 0.15) is 5.75 Å². The van der Waals surface area contributed by atoms with Gasteiger partial charge in [-0.15, -0.1) is 0 Å². The Bertz CT molecular complexity index is 623. The topological polar surface area (TPSA) is 54.5 Å². The molecule has 5 heteroatoms. The van der Waals surface area contributed by atoms with Crippen molar-refractivity contribution in [1.82, 2.24) is 4.90 Å². The average Bonchev–Trinajstić information content (AvgIpc) is 2.47. The monoisotopic (exact) mass is 321 g/mol. The van der Waals surface area contributed by atoms with Crippen LogP contribution in [-0.4, -0.2) is 43.8 Å². The third-order valence-electron chi connectivity index (χ3n) is 3.81. The summed E-state index contributed by atoms with van der Waals surface area (Å²) < 4.78 is 24.1. The van der Waals surface area contributed by atoms with Gasteiger partial charge in [-0.05, 0) is 24.3 Å². The number of hydrogen-bond acceptors (Lipinski definition) is 3. The molecule has 2 rings (SSSR count). The van der Waals surface area contributed by atoms with Gasteiger partial charge in [-0.2, -0.15) is 0 Å². The minimum Gasteiger partial charge on any atom is -0.342 e. The Labute approximate surface area is 132 Å². The molecule has 22 heavy (non-hydrogen) atoms. The Hall–Kier alpha value is -1.62. The molecule has 120 valence electrons. The molecule has 0 aliphatic carbocycles. The second kappa shape index (κ2) is 7.58. The molecule has 4 nitrogen and oxygen atoms in total. The first-order valence-electron chi connectivity index (χ1n) is 7.66. The molecular formula is C17H23NO3S. The Kier molecular flexibility index (Phi) is 5.77. The zero-order valence-corrected chi connectivity index (χ0v) is 13.8. The molecule has 1 aromatic rings. The number of sulfone groups is 1. The van der Waals surface area contributed by atoms with Gasteiger partial charge in [-0.3, -0.25) is 4.79 Å². The second-order valence-corrected chi connectivity index (χ2v) is 8.06. The van der Waals surface area contributed by atoms with Crippen molar-refractivity contribution in [3.05, 3.63) is 42.0 Å². The van der Waals surface area contributed by atoms with Crippen LogP contribution in [0.2, 0.25) is 0 Å². The molecule has 0 spiro atoms. The lowest BCUT2D eigenvalue weighted by Gasteiger charge is -2.30. The van der Waals surface area contributed by atoms with Crippen LogP contribution in [0, 0.1) is 5.92 Å². The minimum absolute atomic E-state index is 0.100. The summed E-state index contributed by atoms with van der Waals surface area (Å²) in [5, 5.41) is 0. The van der Waals surface area contributed by atoms with Gasteiger partial charge in [0.15, 0.2) is 9.84 Å². The number of hydrogen-bond donors (Lipinski definition) is 0. The highest BCUT2D eigenvalue weighted by molar-refractivity contribution is 7.92. The zero-order chi connectivity index (χ0) is 16.0. The Balaban J connectivity index is 1.88. The predicted octanol–water partition coefficient (Wildman–Crippen LogP) is 2.37. The van der Waals surface area contributed by atoms with Gasteiger partial charge in [0.2, 0.25) is 5.91 Å². The van der Waals surface area contributed by atoms with E-state index in [1.54, 1.807) is 17.1 Å². The number of carbonyl (C=O) groups is 1. The van der Waals surface area contributed by atoms with Crippen LogP contribution in [0.3, 0.4) is 0 Å². The normalized spacial score (nSPS) is 19.5. The molecule has 0 radical (unpaired) electrons. The molecule has 1 amide bonds. The molecular weight excluding hydrogens is 298 g/mol. The van der Waals surface area contributed by atoms with Crippen molar-refractivity contribution in [2.75, 3.05) is 24.6 Å². The molecule has 1 saturated heterocycles. The van der Waals surface area contributed by atoms with Gasteiger partial charge >= 0.3 is 0 Å². The number of rotatable bonds is 5. The van der Waals surface area contributed by atoms with Gasteiger partial charge in [0, 0.05) is 13.1 Å².